The summed E-state index contributed by atoms with van der Waals surface area (Å²) < 4.78 is 1.68. The first kappa shape index (κ1) is 17.8. The molecule has 1 aromatic heterocycles. The molecule has 0 atom stereocenters. The lowest BCUT2D eigenvalue weighted by molar-refractivity contribution is 0.111. The van der Waals surface area contributed by atoms with Crippen LogP contribution in [0.3, 0.4) is 0 Å². The second-order valence-electron chi connectivity index (χ2n) is 6.76. The van der Waals surface area contributed by atoms with E-state index >= 15 is 0 Å². The summed E-state index contributed by atoms with van der Waals surface area (Å²) in [5.74, 6) is 1.09. The Morgan fingerprint density at radius 3 is 1.90 bits per heavy atom. The average molecular weight is 398 g/mol. The van der Waals surface area contributed by atoms with E-state index in [1.54, 1.807) is 16.4 Å². The summed E-state index contributed by atoms with van der Waals surface area (Å²) in [6.07, 6.45) is 0. The lowest BCUT2D eigenvalue weighted by Gasteiger charge is -2.28. The number of fused-ring (bicyclic) bond motifs is 1. The molecular formula is C23H18N4OS. The molecule has 0 spiro atoms. The predicted octanol–water partition coefficient (Wildman–Crippen LogP) is 3.92. The van der Waals surface area contributed by atoms with Crippen LogP contribution in [0.1, 0.15) is 22.5 Å². The van der Waals surface area contributed by atoms with Gasteiger partial charge in [-0.05, 0) is 16.7 Å². The third-order valence-electron chi connectivity index (χ3n) is 4.98. The monoisotopic (exact) mass is 398 g/mol. The molecule has 0 bridgehead atoms. The maximum absolute atomic E-state index is 12.0. The van der Waals surface area contributed by atoms with Gasteiger partial charge in [-0.1, -0.05) is 103 Å². The first-order valence-corrected chi connectivity index (χ1v) is 10.3. The van der Waals surface area contributed by atoms with Crippen molar-refractivity contribution in [2.24, 2.45) is 5.10 Å². The Morgan fingerprint density at radius 1 is 0.759 bits per heavy atom. The highest BCUT2D eigenvalue weighted by Crippen LogP contribution is 2.38. The minimum Gasteiger partial charge on any atom is -0.373 e. The van der Waals surface area contributed by atoms with Crippen molar-refractivity contribution < 1.29 is 5.11 Å². The molecule has 142 valence electrons. The molecule has 2 heterocycles. The van der Waals surface area contributed by atoms with E-state index in [-0.39, 0.29) is 0 Å². The Labute approximate surface area is 172 Å². The van der Waals surface area contributed by atoms with Gasteiger partial charge in [0, 0.05) is 5.75 Å². The van der Waals surface area contributed by atoms with Crippen molar-refractivity contribution in [1.29, 1.82) is 0 Å². The number of hydrogen-bond acceptors (Lipinski definition) is 5. The van der Waals surface area contributed by atoms with Gasteiger partial charge in [-0.25, -0.2) is 0 Å². The van der Waals surface area contributed by atoms with Gasteiger partial charge in [-0.15, -0.1) is 10.2 Å². The third kappa shape index (κ3) is 3.06. The highest BCUT2D eigenvalue weighted by Gasteiger charge is 2.40. The van der Waals surface area contributed by atoms with E-state index in [0.29, 0.717) is 27.9 Å². The molecule has 0 aliphatic carbocycles. The summed E-state index contributed by atoms with van der Waals surface area (Å²) >= 11 is 1.57. The van der Waals surface area contributed by atoms with Gasteiger partial charge in [0.05, 0.1) is 5.71 Å². The lowest BCUT2D eigenvalue weighted by atomic mass is 9.85. The molecule has 0 saturated heterocycles. The Kier molecular flexibility index (Phi) is 4.50. The van der Waals surface area contributed by atoms with E-state index in [1.807, 2.05) is 91.0 Å². The first-order valence-electron chi connectivity index (χ1n) is 9.32. The van der Waals surface area contributed by atoms with Crippen LogP contribution in [-0.2, 0) is 5.60 Å². The Hall–Kier alpha value is -3.22. The zero-order valence-corrected chi connectivity index (χ0v) is 16.3. The molecule has 4 aromatic rings. The van der Waals surface area contributed by atoms with Crippen molar-refractivity contribution in [3.05, 3.63) is 114 Å². The Bertz CT molecular complexity index is 1120. The van der Waals surface area contributed by atoms with Crippen LogP contribution >= 0.6 is 11.8 Å². The molecule has 1 aliphatic heterocycles. The molecule has 0 saturated carbocycles. The van der Waals surface area contributed by atoms with Gasteiger partial charge < -0.3 is 5.11 Å². The van der Waals surface area contributed by atoms with Crippen LogP contribution in [0.5, 0.6) is 0 Å². The van der Waals surface area contributed by atoms with Crippen molar-refractivity contribution in [3.63, 3.8) is 0 Å². The lowest BCUT2D eigenvalue weighted by Crippen LogP contribution is -2.33. The van der Waals surface area contributed by atoms with Gasteiger partial charge in [0.1, 0.15) is 0 Å². The van der Waals surface area contributed by atoms with Crippen LogP contribution < -0.4 is 0 Å². The summed E-state index contributed by atoms with van der Waals surface area (Å²) in [6, 6.07) is 29.1. The van der Waals surface area contributed by atoms with Crippen molar-refractivity contribution in [1.82, 2.24) is 14.9 Å². The van der Waals surface area contributed by atoms with Crippen LogP contribution in [0.15, 0.2) is 101 Å². The minimum absolute atomic E-state index is 0.380. The maximum atomic E-state index is 12.0. The number of nitrogens with zero attached hydrogens (tertiary/aromatic N) is 4. The van der Waals surface area contributed by atoms with Gasteiger partial charge in [0.2, 0.25) is 5.16 Å². The van der Waals surface area contributed by atoms with Gasteiger partial charge in [-0.3, -0.25) is 0 Å². The number of aliphatic hydroxyl groups is 1. The smallest absolute Gasteiger partial charge is 0.212 e. The molecule has 1 N–H and O–H groups in total. The van der Waals surface area contributed by atoms with E-state index in [1.165, 1.54) is 0 Å². The number of aromatic nitrogens is 3. The van der Waals surface area contributed by atoms with Crippen LogP contribution in [0.4, 0.5) is 0 Å². The largest absolute Gasteiger partial charge is 0.373 e. The summed E-state index contributed by atoms with van der Waals surface area (Å²) in [4.78, 5) is 0. The zero-order chi connectivity index (χ0) is 19.7. The van der Waals surface area contributed by atoms with E-state index in [9.17, 15) is 5.11 Å². The molecule has 0 fully saturated rings. The molecule has 5 rings (SSSR count). The number of rotatable bonds is 4. The van der Waals surface area contributed by atoms with Crippen LogP contribution in [0.25, 0.3) is 0 Å². The van der Waals surface area contributed by atoms with Crippen molar-refractivity contribution in [3.8, 4) is 0 Å². The quantitative estimate of drug-likeness (QED) is 0.566. The minimum atomic E-state index is -1.48. The fourth-order valence-electron chi connectivity index (χ4n) is 3.51. The normalized spacial score (nSPS) is 13.6. The number of hydrogen-bond donors (Lipinski definition) is 1. The van der Waals surface area contributed by atoms with Crippen LogP contribution in [-0.4, -0.2) is 31.4 Å². The van der Waals surface area contributed by atoms with E-state index in [0.717, 1.165) is 11.3 Å². The Balaban J connectivity index is 1.71. The third-order valence-corrected chi connectivity index (χ3v) is 5.92. The number of thioether (sulfide) groups is 1. The summed E-state index contributed by atoms with van der Waals surface area (Å²) in [7, 11) is 0. The summed E-state index contributed by atoms with van der Waals surface area (Å²) in [5, 5.41) is 26.2. The van der Waals surface area contributed by atoms with Gasteiger partial charge >= 0.3 is 0 Å². The van der Waals surface area contributed by atoms with E-state index in [2.05, 4.69) is 10.2 Å². The molecule has 6 heteroatoms. The maximum Gasteiger partial charge on any atom is 0.212 e. The molecule has 1 aliphatic rings. The second-order valence-corrected chi connectivity index (χ2v) is 7.70. The molecule has 29 heavy (non-hydrogen) atoms. The fourth-order valence-corrected chi connectivity index (χ4v) is 4.35. The topological polar surface area (TPSA) is 63.3 Å². The van der Waals surface area contributed by atoms with E-state index < -0.39 is 5.60 Å². The molecule has 0 amide bonds. The molecule has 3 aromatic carbocycles. The molecule has 0 radical (unpaired) electrons. The summed E-state index contributed by atoms with van der Waals surface area (Å²) in [5.41, 5.74) is 1.93. The number of benzene rings is 3. The van der Waals surface area contributed by atoms with Gasteiger partial charge in [0.25, 0.3) is 0 Å². The van der Waals surface area contributed by atoms with Gasteiger partial charge in [-0.2, -0.15) is 9.78 Å². The van der Waals surface area contributed by atoms with Crippen molar-refractivity contribution in [2.75, 3.05) is 5.75 Å². The van der Waals surface area contributed by atoms with Gasteiger partial charge in [0.15, 0.2) is 11.4 Å². The molecular weight excluding hydrogens is 380 g/mol. The molecule has 5 nitrogen and oxygen atoms in total. The second kappa shape index (κ2) is 7.31. The Morgan fingerprint density at radius 2 is 1.31 bits per heavy atom. The standard InChI is InChI=1S/C23H18N4OS/c28-23(18-12-6-2-7-13-18,19-14-8-3-9-15-19)21-24-25-22-27(21)26-20(16-29-22)17-10-4-1-5-11-17/h1-15,28H,16H2. The average Bonchev–Trinajstić information content (AvgIpc) is 3.24. The predicted molar refractivity (Wildman–Crippen MR) is 114 cm³/mol. The zero-order valence-electron chi connectivity index (χ0n) is 15.5. The first-order chi connectivity index (χ1) is 14.3. The highest BCUT2D eigenvalue weighted by atomic mass is 32.2. The van der Waals surface area contributed by atoms with Crippen molar-refractivity contribution in [2.45, 2.75) is 10.8 Å². The molecule has 0 unspecified atom stereocenters. The summed E-state index contributed by atoms with van der Waals surface area (Å²) in [6.45, 7) is 0. The fraction of sp³-hybridized carbons (Fsp3) is 0.0870. The SMILES string of the molecule is OC(c1ccccc1)(c1ccccc1)c1nnc2n1N=C(c1ccccc1)CS2. The van der Waals surface area contributed by atoms with Crippen LogP contribution in [0, 0.1) is 0 Å². The van der Waals surface area contributed by atoms with Crippen LogP contribution in [0.2, 0.25) is 0 Å². The van der Waals surface area contributed by atoms with E-state index in [4.69, 9.17) is 5.10 Å². The van der Waals surface area contributed by atoms with Crippen molar-refractivity contribution >= 4 is 17.5 Å². The highest BCUT2D eigenvalue weighted by molar-refractivity contribution is 7.99.